The van der Waals surface area contributed by atoms with Gasteiger partial charge in [-0.25, -0.2) is 0 Å². The second-order valence-electron chi connectivity index (χ2n) is 4.30. The Bertz CT molecular complexity index is 507. The van der Waals surface area contributed by atoms with Gasteiger partial charge in [0.1, 0.15) is 0 Å². The van der Waals surface area contributed by atoms with E-state index in [-0.39, 0.29) is 12.1 Å². The number of hydrogen-bond acceptors (Lipinski definition) is 2. The third-order valence-electron chi connectivity index (χ3n) is 2.89. The molecule has 2 aromatic rings. The summed E-state index contributed by atoms with van der Waals surface area (Å²) in [6.45, 7) is 4.30. The van der Waals surface area contributed by atoms with Crippen molar-refractivity contribution in [1.29, 1.82) is 0 Å². The van der Waals surface area contributed by atoms with Crippen LogP contribution in [0.25, 0.3) is 0 Å². The van der Waals surface area contributed by atoms with Gasteiger partial charge in [0.15, 0.2) is 0 Å². The van der Waals surface area contributed by atoms with Crippen LogP contribution in [0, 0.1) is 0 Å². The van der Waals surface area contributed by atoms with Crippen molar-refractivity contribution in [2.75, 3.05) is 0 Å². The molecule has 2 rings (SSSR count). The predicted molar refractivity (Wildman–Crippen MR) is 80.7 cm³/mol. The molecule has 1 heterocycles. The maximum atomic E-state index is 5.95. The number of rotatable bonds is 4. The molecule has 0 aliphatic rings. The quantitative estimate of drug-likeness (QED) is 0.789. The standard InChI is InChI=1S/C14H15Cl2NS/c1-9(11-3-5-12(15)6-4-11)17-10(2)13-7-8-14(16)18-13/h3-10,17H,1-2H3. The van der Waals surface area contributed by atoms with Gasteiger partial charge >= 0.3 is 0 Å². The van der Waals surface area contributed by atoms with Gasteiger partial charge < -0.3 is 5.32 Å². The molecule has 0 spiro atoms. The zero-order valence-corrected chi connectivity index (χ0v) is 12.6. The minimum Gasteiger partial charge on any atom is -0.303 e. The summed E-state index contributed by atoms with van der Waals surface area (Å²) >= 11 is 13.5. The molecular weight excluding hydrogens is 285 g/mol. The first-order valence-corrected chi connectivity index (χ1v) is 7.40. The van der Waals surface area contributed by atoms with Crippen LogP contribution in [-0.4, -0.2) is 0 Å². The van der Waals surface area contributed by atoms with Crippen molar-refractivity contribution < 1.29 is 0 Å². The summed E-state index contributed by atoms with van der Waals surface area (Å²) in [5.41, 5.74) is 1.23. The maximum Gasteiger partial charge on any atom is 0.0931 e. The second-order valence-corrected chi connectivity index (χ2v) is 6.49. The molecule has 0 bridgehead atoms. The molecule has 0 aliphatic heterocycles. The fourth-order valence-electron chi connectivity index (χ4n) is 1.87. The van der Waals surface area contributed by atoms with Gasteiger partial charge in [0.25, 0.3) is 0 Å². The first-order chi connectivity index (χ1) is 8.56. The molecule has 96 valence electrons. The molecule has 1 aromatic heterocycles. The van der Waals surface area contributed by atoms with E-state index in [1.165, 1.54) is 10.4 Å². The third-order valence-corrected chi connectivity index (χ3v) is 4.56. The van der Waals surface area contributed by atoms with Gasteiger partial charge in [-0.1, -0.05) is 35.3 Å². The van der Waals surface area contributed by atoms with Gasteiger partial charge in [-0.15, -0.1) is 11.3 Å². The minimum absolute atomic E-state index is 0.276. The van der Waals surface area contributed by atoms with Crippen LogP contribution in [0.4, 0.5) is 0 Å². The molecule has 0 saturated carbocycles. The van der Waals surface area contributed by atoms with E-state index in [0.29, 0.717) is 0 Å². The molecule has 1 nitrogen and oxygen atoms in total. The average Bonchev–Trinajstić information content (AvgIpc) is 2.76. The highest BCUT2D eigenvalue weighted by atomic mass is 35.5. The van der Waals surface area contributed by atoms with Gasteiger partial charge in [-0.3, -0.25) is 0 Å². The Balaban J connectivity index is 2.02. The number of hydrogen-bond donors (Lipinski definition) is 1. The molecule has 0 radical (unpaired) electrons. The maximum absolute atomic E-state index is 5.95. The molecule has 0 aliphatic carbocycles. The number of halogens is 2. The van der Waals surface area contributed by atoms with E-state index in [1.54, 1.807) is 11.3 Å². The van der Waals surface area contributed by atoms with Crippen LogP contribution >= 0.6 is 34.5 Å². The second kappa shape index (κ2) is 6.07. The van der Waals surface area contributed by atoms with Crippen LogP contribution in [0.15, 0.2) is 36.4 Å². The first-order valence-electron chi connectivity index (χ1n) is 5.83. The fourth-order valence-corrected chi connectivity index (χ4v) is 3.06. The Labute approximate surface area is 122 Å². The predicted octanol–water partition coefficient (Wildman–Crippen LogP) is 5.47. The van der Waals surface area contributed by atoms with Crippen LogP contribution in [0.5, 0.6) is 0 Å². The largest absolute Gasteiger partial charge is 0.303 e. The normalized spacial score (nSPS) is 14.4. The summed E-state index contributed by atoms with van der Waals surface area (Å²) in [6.07, 6.45) is 0. The van der Waals surface area contributed by atoms with Crippen molar-refractivity contribution in [3.05, 3.63) is 56.2 Å². The summed E-state index contributed by atoms with van der Waals surface area (Å²) in [5, 5.41) is 4.32. The van der Waals surface area contributed by atoms with Gasteiger partial charge in [0, 0.05) is 22.0 Å². The smallest absolute Gasteiger partial charge is 0.0931 e. The lowest BCUT2D eigenvalue weighted by molar-refractivity contribution is 0.500. The summed E-state index contributed by atoms with van der Waals surface area (Å²) in [7, 11) is 0. The van der Waals surface area contributed by atoms with Crippen molar-refractivity contribution in [3.8, 4) is 0 Å². The molecule has 18 heavy (non-hydrogen) atoms. The minimum atomic E-state index is 0.276. The van der Waals surface area contributed by atoms with Gasteiger partial charge in [0.05, 0.1) is 4.34 Å². The molecule has 1 aromatic carbocycles. The fraction of sp³-hybridized carbons (Fsp3) is 0.286. The molecule has 0 amide bonds. The Morgan fingerprint density at radius 2 is 1.61 bits per heavy atom. The van der Waals surface area contributed by atoms with Crippen molar-refractivity contribution in [2.24, 2.45) is 0 Å². The molecule has 1 N–H and O–H groups in total. The van der Waals surface area contributed by atoms with E-state index < -0.39 is 0 Å². The highest BCUT2D eigenvalue weighted by Gasteiger charge is 2.12. The molecule has 0 saturated heterocycles. The SMILES string of the molecule is CC(NC(C)c1ccc(Cl)s1)c1ccc(Cl)cc1. The van der Waals surface area contributed by atoms with Crippen molar-refractivity contribution in [3.63, 3.8) is 0 Å². The highest BCUT2D eigenvalue weighted by molar-refractivity contribution is 7.16. The van der Waals surface area contributed by atoms with Crippen LogP contribution in [-0.2, 0) is 0 Å². The van der Waals surface area contributed by atoms with Crippen LogP contribution < -0.4 is 5.32 Å². The van der Waals surface area contributed by atoms with E-state index in [4.69, 9.17) is 23.2 Å². The number of benzene rings is 1. The first kappa shape index (κ1) is 13.9. The zero-order chi connectivity index (χ0) is 13.1. The lowest BCUT2D eigenvalue weighted by atomic mass is 10.1. The van der Waals surface area contributed by atoms with Crippen LogP contribution in [0.2, 0.25) is 9.36 Å². The topological polar surface area (TPSA) is 12.0 Å². The third kappa shape index (κ3) is 3.48. The average molecular weight is 300 g/mol. The van der Waals surface area contributed by atoms with Crippen molar-refractivity contribution in [2.45, 2.75) is 25.9 Å². The summed E-state index contributed by atoms with van der Waals surface area (Å²) in [4.78, 5) is 1.25. The van der Waals surface area contributed by atoms with Gasteiger partial charge in [-0.2, -0.15) is 0 Å². The van der Waals surface area contributed by atoms with Gasteiger partial charge in [-0.05, 0) is 43.7 Å². The van der Waals surface area contributed by atoms with E-state index in [1.807, 2.05) is 30.3 Å². The number of nitrogens with one attached hydrogen (secondary N) is 1. The lowest BCUT2D eigenvalue weighted by Crippen LogP contribution is -2.21. The molecule has 2 unspecified atom stereocenters. The van der Waals surface area contributed by atoms with Crippen LogP contribution in [0.3, 0.4) is 0 Å². The van der Waals surface area contributed by atoms with Crippen molar-refractivity contribution >= 4 is 34.5 Å². The Hall–Kier alpha value is -0.540. The summed E-state index contributed by atoms with van der Waals surface area (Å²) in [5.74, 6) is 0. The summed E-state index contributed by atoms with van der Waals surface area (Å²) < 4.78 is 0.831. The highest BCUT2D eigenvalue weighted by Crippen LogP contribution is 2.28. The number of thiophene rings is 1. The van der Waals surface area contributed by atoms with Crippen LogP contribution in [0.1, 0.15) is 36.4 Å². The summed E-state index contributed by atoms with van der Waals surface area (Å²) in [6, 6.07) is 12.5. The Morgan fingerprint density at radius 3 is 2.17 bits per heavy atom. The monoisotopic (exact) mass is 299 g/mol. The van der Waals surface area contributed by atoms with E-state index in [2.05, 4.69) is 25.2 Å². The lowest BCUT2D eigenvalue weighted by Gasteiger charge is -2.19. The van der Waals surface area contributed by atoms with Gasteiger partial charge in [0.2, 0.25) is 0 Å². The van der Waals surface area contributed by atoms with E-state index in [9.17, 15) is 0 Å². The molecular formula is C14H15Cl2NS. The zero-order valence-electron chi connectivity index (χ0n) is 10.3. The molecule has 2 atom stereocenters. The Kier molecular flexibility index (Phi) is 4.68. The molecule has 4 heteroatoms. The van der Waals surface area contributed by atoms with Crippen molar-refractivity contribution in [1.82, 2.24) is 5.32 Å². The van der Waals surface area contributed by atoms with E-state index >= 15 is 0 Å². The van der Waals surface area contributed by atoms with E-state index in [0.717, 1.165) is 9.36 Å². The Morgan fingerprint density at radius 1 is 0.944 bits per heavy atom. The molecule has 0 fully saturated rings.